The van der Waals surface area contributed by atoms with Gasteiger partial charge >= 0.3 is 0 Å². The molecule has 2 heterocycles. The largest absolute Gasteiger partial charge is 0.492 e. The number of benzene rings is 1. The van der Waals surface area contributed by atoms with Crippen LogP contribution in [0.4, 0.5) is 5.69 Å². The highest BCUT2D eigenvalue weighted by Gasteiger charge is 2.16. The Morgan fingerprint density at radius 3 is 2.62 bits per heavy atom. The highest BCUT2D eigenvalue weighted by Crippen LogP contribution is 2.22. The molecule has 1 aliphatic rings. The number of carbonyl (C=O) groups excluding carboxylic acids is 1. The van der Waals surface area contributed by atoms with Crippen molar-refractivity contribution in [1.82, 2.24) is 9.88 Å². The van der Waals surface area contributed by atoms with Gasteiger partial charge in [0.1, 0.15) is 24.7 Å². The van der Waals surface area contributed by atoms with Gasteiger partial charge in [0.25, 0.3) is 5.91 Å². The van der Waals surface area contributed by atoms with E-state index in [0.717, 1.165) is 23.7 Å². The molecule has 0 saturated carbocycles. The molecule has 1 aliphatic heterocycles. The Labute approximate surface area is 176 Å². The molecule has 0 fully saturated rings. The average molecular weight is 414 g/mol. The molecule has 1 aromatic heterocycles. The number of hydrogen-bond donors (Lipinski definition) is 0. The maximum atomic E-state index is 12.7. The molecule has 0 unspecified atom stereocenters. The van der Waals surface area contributed by atoms with Gasteiger partial charge in [-0.2, -0.15) is 0 Å². The van der Waals surface area contributed by atoms with Gasteiger partial charge in [0.05, 0.1) is 10.7 Å². The number of rotatable bonds is 8. The van der Waals surface area contributed by atoms with Crippen molar-refractivity contribution in [3.8, 4) is 5.75 Å². The van der Waals surface area contributed by atoms with Crippen molar-refractivity contribution in [3.63, 3.8) is 0 Å². The normalized spacial score (nSPS) is 14.0. The molecule has 7 heteroatoms. The Bertz CT molecular complexity index is 877. The number of aromatic nitrogens is 1. The van der Waals surface area contributed by atoms with Gasteiger partial charge in [-0.3, -0.25) is 9.78 Å². The molecule has 0 atom stereocenters. The smallest absolute Gasteiger partial charge is 0.254 e. The Morgan fingerprint density at radius 2 is 1.93 bits per heavy atom. The van der Waals surface area contributed by atoms with Crippen LogP contribution < -0.4 is 9.64 Å². The van der Waals surface area contributed by atoms with Gasteiger partial charge in [-0.1, -0.05) is 17.7 Å². The van der Waals surface area contributed by atoms with Crippen LogP contribution in [0, 0.1) is 0 Å². The minimum absolute atomic E-state index is 0.143. The van der Waals surface area contributed by atoms with Gasteiger partial charge in [-0.05, 0) is 56.6 Å². The van der Waals surface area contributed by atoms with Crippen LogP contribution in [0.15, 0.2) is 66.6 Å². The maximum absolute atomic E-state index is 12.7. The number of pyridine rings is 1. The van der Waals surface area contributed by atoms with Crippen molar-refractivity contribution in [1.29, 1.82) is 0 Å². The molecule has 2 aromatic rings. The summed E-state index contributed by atoms with van der Waals surface area (Å²) < 4.78 is 11.4. The fraction of sp³-hybridized carbons (Fsp3) is 0.273. The van der Waals surface area contributed by atoms with Crippen LogP contribution in [0.25, 0.3) is 0 Å². The van der Waals surface area contributed by atoms with Crippen LogP contribution in [-0.4, -0.2) is 49.6 Å². The number of halogens is 1. The van der Waals surface area contributed by atoms with Crippen molar-refractivity contribution in [2.45, 2.75) is 6.61 Å². The Kier molecular flexibility index (Phi) is 7.27. The summed E-state index contributed by atoms with van der Waals surface area (Å²) in [5.41, 5.74) is 1.54. The molecule has 0 spiro atoms. The first kappa shape index (κ1) is 20.9. The third kappa shape index (κ3) is 6.34. The van der Waals surface area contributed by atoms with Crippen LogP contribution in [0.3, 0.4) is 0 Å². The molecular weight excluding hydrogens is 390 g/mol. The zero-order valence-corrected chi connectivity index (χ0v) is 17.3. The minimum atomic E-state index is -0.143. The van der Waals surface area contributed by atoms with E-state index in [1.54, 1.807) is 29.3 Å². The van der Waals surface area contributed by atoms with Crippen LogP contribution in [-0.2, 0) is 16.1 Å². The zero-order chi connectivity index (χ0) is 20.6. The molecule has 0 bridgehead atoms. The number of likely N-dealkylation sites (N-methyl/N-ethyl adjacent to an activating group) is 1. The molecule has 1 aromatic carbocycles. The van der Waals surface area contributed by atoms with E-state index in [9.17, 15) is 4.79 Å². The Balaban J connectivity index is 1.59. The van der Waals surface area contributed by atoms with Crippen molar-refractivity contribution in [2.75, 3.05) is 38.7 Å². The number of ether oxygens (including phenoxy) is 2. The summed E-state index contributed by atoms with van der Waals surface area (Å²) in [6.45, 7) is 2.18. The highest BCUT2D eigenvalue weighted by molar-refractivity contribution is 6.30. The quantitative estimate of drug-likeness (QED) is 0.660. The summed E-state index contributed by atoms with van der Waals surface area (Å²) in [6, 6.07) is 11.1. The first-order valence-corrected chi connectivity index (χ1v) is 9.69. The zero-order valence-electron chi connectivity index (χ0n) is 16.5. The molecule has 1 amide bonds. The van der Waals surface area contributed by atoms with Crippen molar-refractivity contribution in [2.24, 2.45) is 0 Å². The lowest BCUT2D eigenvalue weighted by Gasteiger charge is -2.19. The molecule has 0 aliphatic carbocycles. The molecule has 29 heavy (non-hydrogen) atoms. The number of nitrogens with zero attached hydrogens (tertiary/aromatic N) is 3. The summed E-state index contributed by atoms with van der Waals surface area (Å²) in [5, 5.41) is 0.572. The van der Waals surface area contributed by atoms with E-state index in [1.165, 1.54) is 6.08 Å². The molecule has 0 saturated heterocycles. The van der Waals surface area contributed by atoms with Gasteiger partial charge in [0.15, 0.2) is 0 Å². The van der Waals surface area contributed by atoms with Crippen molar-refractivity contribution >= 4 is 23.2 Å². The second-order valence-electron chi connectivity index (χ2n) is 6.80. The first-order chi connectivity index (χ1) is 14.0. The van der Waals surface area contributed by atoms with E-state index in [-0.39, 0.29) is 12.5 Å². The predicted octanol–water partition coefficient (Wildman–Crippen LogP) is 3.68. The molecular formula is C22H24ClN3O3. The van der Waals surface area contributed by atoms with Gasteiger partial charge in [0, 0.05) is 31.0 Å². The maximum Gasteiger partial charge on any atom is 0.254 e. The lowest BCUT2D eigenvalue weighted by molar-refractivity contribution is -0.114. The lowest BCUT2D eigenvalue weighted by Crippen LogP contribution is -2.28. The number of hydrogen-bond acceptors (Lipinski definition) is 5. The SMILES string of the molecule is CN(C)CCOc1ccc(N2CC=CC(OCc3ccc(Cl)cn3)=CC2=O)cc1. The van der Waals surface area contributed by atoms with E-state index in [2.05, 4.69) is 9.88 Å². The molecule has 0 N–H and O–H groups in total. The fourth-order valence-corrected chi connectivity index (χ4v) is 2.76. The number of carbonyl (C=O) groups is 1. The number of amides is 1. The van der Waals surface area contributed by atoms with Crippen LogP contribution in [0.5, 0.6) is 5.75 Å². The topological polar surface area (TPSA) is 54.9 Å². The van der Waals surface area contributed by atoms with Crippen LogP contribution >= 0.6 is 11.6 Å². The van der Waals surface area contributed by atoms with Crippen molar-refractivity contribution in [3.05, 3.63) is 77.3 Å². The highest BCUT2D eigenvalue weighted by atomic mass is 35.5. The third-order valence-electron chi connectivity index (χ3n) is 4.23. The molecule has 6 nitrogen and oxygen atoms in total. The average Bonchev–Trinajstić information content (AvgIpc) is 2.89. The summed E-state index contributed by atoms with van der Waals surface area (Å²) >= 11 is 5.84. The Hall–Kier alpha value is -2.83. The number of anilines is 1. The van der Waals surface area contributed by atoms with E-state index in [1.807, 2.05) is 44.4 Å². The Morgan fingerprint density at radius 1 is 1.14 bits per heavy atom. The van der Waals surface area contributed by atoms with Crippen LogP contribution in [0.1, 0.15) is 5.69 Å². The van der Waals surface area contributed by atoms with Crippen molar-refractivity contribution < 1.29 is 14.3 Å². The minimum Gasteiger partial charge on any atom is -0.492 e. The monoisotopic (exact) mass is 413 g/mol. The number of allylic oxidation sites excluding steroid dienone is 1. The summed E-state index contributed by atoms with van der Waals surface area (Å²) in [6.07, 6.45) is 6.75. The molecule has 3 rings (SSSR count). The summed E-state index contributed by atoms with van der Waals surface area (Å²) in [4.78, 5) is 20.6. The van der Waals surface area contributed by atoms with Gasteiger partial charge < -0.3 is 19.3 Å². The van der Waals surface area contributed by atoms with Gasteiger partial charge in [-0.25, -0.2) is 0 Å². The van der Waals surface area contributed by atoms with E-state index >= 15 is 0 Å². The molecule has 152 valence electrons. The summed E-state index contributed by atoms with van der Waals surface area (Å²) in [5.74, 6) is 1.14. The first-order valence-electron chi connectivity index (χ1n) is 9.32. The van der Waals surface area contributed by atoms with E-state index in [0.29, 0.717) is 23.9 Å². The van der Waals surface area contributed by atoms with E-state index in [4.69, 9.17) is 21.1 Å². The molecule has 0 radical (unpaired) electrons. The van der Waals surface area contributed by atoms with E-state index < -0.39 is 0 Å². The van der Waals surface area contributed by atoms with Gasteiger partial charge in [-0.15, -0.1) is 0 Å². The van der Waals surface area contributed by atoms with Crippen LogP contribution in [0.2, 0.25) is 5.02 Å². The fourth-order valence-electron chi connectivity index (χ4n) is 2.65. The summed E-state index contributed by atoms with van der Waals surface area (Å²) in [7, 11) is 4.00. The predicted molar refractivity (Wildman–Crippen MR) is 114 cm³/mol. The second-order valence-corrected chi connectivity index (χ2v) is 7.24. The lowest BCUT2D eigenvalue weighted by atomic mass is 10.2. The standard InChI is InChI=1S/C22H24ClN3O3/c1-25(2)12-13-28-20-9-7-19(8-10-20)26-11-3-4-21(14-22(26)27)29-16-18-6-5-17(23)15-24-18/h3-10,14-15H,11-13,16H2,1-2H3. The third-order valence-corrected chi connectivity index (χ3v) is 4.46. The van der Waals surface area contributed by atoms with Gasteiger partial charge in [0.2, 0.25) is 0 Å². The second kappa shape index (κ2) is 10.1.